The molecule has 0 unspecified atom stereocenters. The molecule has 0 radical (unpaired) electrons. The van der Waals surface area contributed by atoms with Crippen LogP contribution in [0.15, 0.2) is 61.2 Å². The molecule has 4 aromatic rings. The fourth-order valence-corrected chi connectivity index (χ4v) is 3.76. The Morgan fingerprint density at radius 3 is 1.48 bits per heavy atom. The van der Waals surface area contributed by atoms with Crippen molar-refractivity contribution in [1.82, 2.24) is 9.13 Å². The molecule has 0 atom stereocenters. The number of nitrogens with zero attached hydrogens (tertiary/aromatic N) is 4. The number of imidazole rings is 2. The zero-order chi connectivity index (χ0) is 17.2. The number of aryl methyl sites for hydroxylation is 4. The minimum absolute atomic E-state index is 0. The lowest BCUT2D eigenvalue weighted by Crippen LogP contribution is -3.00. The Balaban J connectivity index is 0.00000131. The summed E-state index contributed by atoms with van der Waals surface area (Å²) in [5, 5.41) is 0. The first-order chi connectivity index (χ1) is 12.3. The maximum atomic E-state index is 2.39. The van der Waals surface area contributed by atoms with E-state index in [-0.39, 0.29) is 48.0 Å². The van der Waals surface area contributed by atoms with Gasteiger partial charge in [-0.05, 0) is 38.1 Å². The molecule has 2 aromatic carbocycles. The molecule has 0 saturated carbocycles. The van der Waals surface area contributed by atoms with Gasteiger partial charge in [-0.1, -0.05) is 24.3 Å². The van der Waals surface area contributed by atoms with Gasteiger partial charge in [0.15, 0.2) is 22.1 Å². The number of hydrogen-bond donors (Lipinski definition) is 0. The first kappa shape index (κ1) is 22.1. The highest BCUT2D eigenvalue weighted by atomic mass is 127. The molecule has 144 valence electrons. The predicted molar refractivity (Wildman–Crippen MR) is 100 cm³/mol. The smallest absolute Gasteiger partial charge is 0.244 e. The zero-order valence-corrected chi connectivity index (χ0v) is 20.2. The van der Waals surface area contributed by atoms with E-state index in [0.717, 1.165) is 32.6 Å². The van der Waals surface area contributed by atoms with Crippen LogP contribution in [0.3, 0.4) is 0 Å². The van der Waals surface area contributed by atoms with Crippen LogP contribution in [0.4, 0.5) is 0 Å². The summed E-state index contributed by atoms with van der Waals surface area (Å²) in [7, 11) is 0. The van der Waals surface area contributed by atoms with E-state index in [1.165, 1.54) is 22.1 Å². The first-order valence-electron chi connectivity index (χ1n) is 9.26. The molecule has 0 aliphatic carbocycles. The number of hydrogen-bond acceptors (Lipinski definition) is 0. The molecule has 0 saturated heterocycles. The largest absolute Gasteiger partial charge is 1.00 e. The van der Waals surface area contributed by atoms with Gasteiger partial charge >= 0.3 is 0 Å². The lowest BCUT2D eigenvalue weighted by atomic mass is 10.3. The van der Waals surface area contributed by atoms with Gasteiger partial charge in [0.1, 0.15) is 0 Å². The Hall–Kier alpha value is -1.16. The van der Waals surface area contributed by atoms with Crippen molar-refractivity contribution in [3.63, 3.8) is 0 Å². The van der Waals surface area contributed by atoms with Gasteiger partial charge in [0.25, 0.3) is 0 Å². The van der Waals surface area contributed by atoms with E-state index in [4.69, 9.17) is 0 Å². The molecule has 0 spiro atoms. The van der Waals surface area contributed by atoms with E-state index in [0.29, 0.717) is 0 Å². The highest BCUT2D eigenvalue weighted by Gasteiger charge is 2.16. The minimum Gasteiger partial charge on any atom is -1.00 e. The van der Waals surface area contributed by atoms with Crippen molar-refractivity contribution in [1.29, 1.82) is 0 Å². The molecular formula is C21H26I2N4. The standard InChI is InChI=1S/C21H26N4.2HI/c1-3-22-16-24(20-12-7-5-10-18(20)22)14-9-15-25-17-23(4-2)19-11-6-8-13-21(19)25;;/h5-8,10-13,16-17H,3-4,9,14-15H2,1-2H3;2*1H/q+2;;/p-2. The molecule has 0 amide bonds. The van der Waals surface area contributed by atoms with Gasteiger partial charge in [-0.2, -0.15) is 0 Å². The predicted octanol–water partition coefficient (Wildman–Crippen LogP) is -2.69. The van der Waals surface area contributed by atoms with Crippen LogP contribution in [0, 0.1) is 0 Å². The summed E-state index contributed by atoms with van der Waals surface area (Å²) in [6.45, 7) is 8.48. The van der Waals surface area contributed by atoms with Crippen molar-refractivity contribution in [2.24, 2.45) is 0 Å². The fraction of sp³-hybridized carbons (Fsp3) is 0.333. The SMILES string of the molecule is CCn1c[n+](CCC[n+]2cn(CC)c3ccccc32)c2ccccc21.[I-].[I-]. The molecule has 6 heteroatoms. The van der Waals surface area contributed by atoms with Crippen LogP contribution in [0.25, 0.3) is 22.1 Å². The summed E-state index contributed by atoms with van der Waals surface area (Å²) in [4.78, 5) is 0. The number of aromatic nitrogens is 4. The van der Waals surface area contributed by atoms with Gasteiger partial charge in [0.2, 0.25) is 12.7 Å². The molecule has 0 aliphatic heterocycles. The third kappa shape index (κ3) is 4.31. The van der Waals surface area contributed by atoms with E-state index >= 15 is 0 Å². The number of halogens is 2. The average Bonchev–Trinajstić information content (AvgIpc) is 3.20. The zero-order valence-electron chi connectivity index (χ0n) is 15.9. The summed E-state index contributed by atoms with van der Waals surface area (Å²) in [6.07, 6.45) is 5.63. The van der Waals surface area contributed by atoms with Crippen molar-refractivity contribution >= 4 is 22.1 Å². The van der Waals surface area contributed by atoms with E-state index in [9.17, 15) is 0 Å². The molecule has 2 heterocycles. The lowest BCUT2D eigenvalue weighted by Gasteiger charge is -1.98. The third-order valence-electron chi connectivity index (χ3n) is 5.04. The van der Waals surface area contributed by atoms with Crippen molar-refractivity contribution in [2.45, 2.75) is 46.4 Å². The second kappa shape index (κ2) is 9.86. The van der Waals surface area contributed by atoms with Crippen molar-refractivity contribution in [3.05, 3.63) is 61.2 Å². The van der Waals surface area contributed by atoms with Crippen molar-refractivity contribution in [3.8, 4) is 0 Å². The summed E-state index contributed by atoms with van der Waals surface area (Å²) >= 11 is 0. The van der Waals surface area contributed by atoms with Gasteiger partial charge in [-0.3, -0.25) is 0 Å². The highest BCUT2D eigenvalue weighted by Crippen LogP contribution is 2.12. The van der Waals surface area contributed by atoms with Crippen LogP contribution in [0.1, 0.15) is 20.3 Å². The van der Waals surface area contributed by atoms with Crippen LogP contribution in [-0.2, 0) is 26.2 Å². The minimum atomic E-state index is 0. The quantitative estimate of drug-likeness (QED) is 0.173. The second-order valence-electron chi connectivity index (χ2n) is 6.52. The summed E-state index contributed by atoms with van der Waals surface area (Å²) < 4.78 is 9.42. The number of benzene rings is 2. The van der Waals surface area contributed by atoms with Crippen LogP contribution in [0.5, 0.6) is 0 Å². The monoisotopic (exact) mass is 588 g/mol. The molecule has 0 N–H and O–H groups in total. The Labute approximate surface area is 194 Å². The molecule has 4 rings (SSSR count). The van der Waals surface area contributed by atoms with Gasteiger partial charge in [0.05, 0.1) is 26.2 Å². The molecule has 4 nitrogen and oxygen atoms in total. The Kier molecular flexibility index (Phi) is 8.08. The van der Waals surface area contributed by atoms with E-state index in [1.807, 2.05) is 0 Å². The van der Waals surface area contributed by atoms with Crippen LogP contribution in [0.2, 0.25) is 0 Å². The average molecular weight is 588 g/mol. The first-order valence-corrected chi connectivity index (χ1v) is 9.26. The normalized spacial score (nSPS) is 10.7. The molecule has 2 aromatic heterocycles. The summed E-state index contributed by atoms with van der Waals surface area (Å²) in [5.41, 5.74) is 5.29. The van der Waals surface area contributed by atoms with Crippen LogP contribution in [-0.4, -0.2) is 9.13 Å². The van der Waals surface area contributed by atoms with E-state index in [1.54, 1.807) is 0 Å². The maximum absolute atomic E-state index is 2.39. The Morgan fingerprint density at radius 2 is 1.07 bits per heavy atom. The molecule has 27 heavy (non-hydrogen) atoms. The third-order valence-corrected chi connectivity index (χ3v) is 5.04. The van der Waals surface area contributed by atoms with Crippen LogP contribution < -0.4 is 57.1 Å². The van der Waals surface area contributed by atoms with E-state index < -0.39 is 0 Å². The second-order valence-corrected chi connectivity index (χ2v) is 6.52. The van der Waals surface area contributed by atoms with Gasteiger partial charge in [-0.25, -0.2) is 18.3 Å². The lowest BCUT2D eigenvalue weighted by molar-refractivity contribution is -0.703. The molecule has 0 fully saturated rings. The van der Waals surface area contributed by atoms with Crippen LogP contribution >= 0.6 is 0 Å². The van der Waals surface area contributed by atoms with Gasteiger partial charge < -0.3 is 48.0 Å². The number of rotatable bonds is 6. The van der Waals surface area contributed by atoms with Gasteiger partial charge in [-0.15, -0.1) is 0 Å². The molecule has 0 aliphatic rings. The van der Waals surface area contributed by atoms with Crippen molar-refractivity contribution < 1.29 is 57.1 Å². The van der Waals surface area contributed by atoms with Crippen molar-refractivity contribution in [2.75, 3.05) is 0 Å². The Bertz CT molecular complexity index is 938. The fourth-order valence-electron chi connectivity index (χ4n) is 3.76. The highest BCUT2D eigenvalue weighted by molar-refractivity contribution is 5.72. The maximum Gasteiger partial charge on any atom is 0.244 e. The Morgan fingerprint density at radius 1 is 0.667 bits per heavy atom. The molecule has 0 bridgehead atoms. The summed E-state index contributed by atoms with van der Waals surface area (Å²) in [6, 6.07) is 17.3. The summed E-state index contributed by atoms with van der Waals surface area (Å²) in [5.74, 6) is 0. The number of para-hydroxylation sites is 4. The molecular weight excluding hydrogens is 562 g/mol. The van der Waals surface area contributed by atoms with Gasteiger partial charge in [0, 0.05) is 6.42 Å². The van der Waals surface area contributed by atoms with E-state index in [2.05, 4.69) is 93.3 Å². The number of fused-ring (bicyclic) bond motifs is 2. The topological polar surface area (TPSA) is 17.6 Å².